The number of carbonyl (C=O) groups is 2. The zero-order valence-electron chi connectivity index (χ0n) is 18.1. The Morgan fingerprint density at radius 1 is 1.06 bits per heavy atom. The minimum Gasteiger partial charge on any atom is -0.378 e. The molecule has 3 amide bonds. The number of hydrogen-bond donors (Lipinski definition) is 2. The lowest BCUT2D eigenvalue weighted by Crippen LogP contribution is -2.55. The van der Waals surface area contributed by atoms with Gasteiger partial charge in [-0.25, -0.2) is 13.2 Å². The van der Waals surface area contributed by atoms with Crippen LogP contribution in [0.5, 0.6) is 0 Å². The van der Waals surface area contributed by atoms with E-state index in [4.69, 9.17) is 16.3 Å². The number of morpholine rings is 1. The van der Waals surface area contributed by atoms with Gasteiger partial charge in [-0.15, -0.1) is 0 Å². The van der Waals surface area contributed by atoms with Crippen LogP contribution in [0.3, 0.4) is 0 Å². The highest BCUT2D eigenvalue weighted by molar-refractivity contribution is 7.89. The summed E-state index contributed by atoms with van der Waals surface area (Å²) in [5.41, 5.74) is -3.96. The Morgan fingerprint density at radius 3 is 2.15 bits per heavy atom. The number of benzene rings is 1. The van der Waals surface area contributed by atoms with E-state index in [2.05, 4.69) is 0 Å². The summed E-state index contributed by atoms with van der Waals surface area (Å²) >= 11 is 6.00. The predicted molar refractivity (Wildman–Crippen MR) is 115 cm³/mol. The minimum atomic E-state index is -5.22. The lowest BCUT2D eigenvalue weighted by Gasteiger charge is -2.38. The summed E-state index contributed by atoms with van der Waals surface area (Å²) in [5, 5.41) is 11.0. The molecule has 1 atom stereocenters. The maximum absolute atomic E-state index is 13.0. The first-order valence-corrected chi connectivity index (χ1v) is 12.1. The summed E-state index contributed by atoms with van der Waals surface area (Å²) in [5.74, 6) is -1.77. The Bertz CT molecular complexity index is 1040. The number of aliphatic hydroxyl groups is 1. The van der Waals surface area contributed by atoms with E-state index in [1.807, 2.05) is 5.32 Å². The molecule has 0 unspecified atom stereocenters. The third kappa shape index (κ3) is 5.40. The molecule has 10 nitrogen and oxygen atoms in total. The number of amides is 3. The van der Waals surface area contributed by atoms with E-state index in [0.29, 0.717) is 33.2 Å². The molecule has 0 aliphatic carbocycles. The van der Waals surface area contributed by atoms with Crippen LogP contribution in [0.15, 0.2) is 23.1 Å². The molecule has 34 heavy (non-hydrogen) atoms. The van der Waals surface area contributed by atoms with Crippen LogP contribution in [-0.2, 0) is 19.6 Å². The molecule has 190 valence electrons. The van der Waals surface area contributed by atoms with Crippen LogP contribution in [0.2, 0.25) is 5.02 Å². The smallest absolute Gasteiger partial charge is 0.378 e. The number of nitrogens with zero attached hydrogens (tertiary/aromatic N) is 3. The van der Waals surface area contributed by atoms with E-state index in [1.54, 1.807) is 9.80 Å². The number of ether oxygens (including phenoxy) is 1. The second-order valence-electron chi connectivity index (χ2n) is 7.94. The molecule has 0 bridgehead atoms. The fourth-order valence-electron chi connectivity index (χ4n) is 3.35. The number of urea groups is 1. The van der Waals surface area contributed by atoms with Gasteiger partial charge in [-0.2, -0.15) is 17.5 Å². The second kappa shape index (κ2) is 9.85. The van der Waals surface area contributed by atoms with Gasteiger partial charge < -0.3 is 25.0 Å². The molecular formula is C19H24ClF3N4O6S. The molecule has 0 saturated carbocycles. The number of nitrogens with one attached hydrogen (secondary N) is 1. The molecule has 2 aliphatic rings. The van der Waals surface area contributed by atoms with Gasteiger partial charge in [0.2, 0.25) is 15.6 Å². The Kier molecular flexibility index (Phi) is 7.67. The molecule has 1 aromatic carbocycles. The van der Waals surface area contributed by atoms with Crippen molar-refractivity contribution >= 4 is 39.2 Å². The number of halogens is 4. The van der Waals surface area contributed by atoms with Crippen LogP contribution in [0.4, 0.5) is 23.7 Å². The number of carbonyl (C=O) groups excluding carboxylic acids is 2. The third-order valence-electron chi connectivity index (χ3n) is 5.61. The summed E-state index contributed by atoms with van der Waals surface area (Å²) in [6, 6.07) is 2.95. The van der Waals surface area contributed by atoms with E-state index >= 15 is 0 Å². The van der Waals surface area contributed by atoms with Gasteiger partial charge in [0, 0.05) is 39.3 Å². The van der Waals surface area contributed by atoms with E-state index < -0.39 is 27.7 Å². The topological polar surface area (TPSA) is 119 Å². The maximum Gasteiger partial charge on any atom is 0.426 e. The Hall–Kier alpha value is -2.13. The molecule has 0 aromatic heterocycles. The van der Waals surface area contributed by atoms with Crippen molar-refractivity contribution in [2.24, 2.45) is 0 Å². The van der Waals surface area contributed by atoms with Crippen molar-refractivity contribution in [3.63, 3.8) is 0 Å². The van der Waals surface area contributed by atoms with Gasteiger partial charge in [-0.1, -0.05) is 11.6 Å². The fraction of sp³-hybridized carbons (Fsp3) is 0.579. The molecule has 0 spiro atoms. The molecule has 2 aliphatic heterocycles. The first kappa shape index (κ1) is 26.5. The van der Waals surface area contributed by atoms with Crippen molar-refractivity contribution in [1.82, 2.24) is 14.1 Å². The standard InChI is InChI=1S/C19H24ClF3N4O6S/c1-18(30,19(21,22)23)16(28)24-15-3-2-13(12-14(15)20)34(31,32)27-6-4-25(5-7-27)17(29)26-8-10-33-11-9-26/h2-3,12,30H,4-11H2,1H3,(H,24,28)/t18-/m1/s1. The molecule has 1 aromatic rings. The second-order valence-corrected chi connectivity index (χ2v) is 10.3. The van der Waals surface area contributed by atoms with Gasteiger partial charge in [-0.05, 0) is 25.1 Å². The van der Waals surface area contributed by atoms with Gasteiger partial charge in [0.1, 0.15) is 0 Å². The first-order valence-electron chi connectivity index (χ1n) is 10.3. The fourth-order valence-corrected chi connectivity index (χ4v) is 5.10. The summed E-state index contributed by atoms with van der Waals surface area (Å²) in [6.07, 6.45) is -5.22. The van der Waals surface area contributed by atoms with Crippen LogP contribution in [0, 0.1) is 0 Å². The summed E-state index contributed by atoms with van der Waals surface area (Å²) in [6.45, 7) is 2.59. The van der Waals surface area contributed by atoms with Gasteiger partial charge in [-0.3, -0.25) is 4.79 Å². The Balaban J connectivity index is 1.66. The van der Waals surface area contributed by atoms with Crippen LogP contribution in [-0.4, -0.2) is 104 Å². The van der Waals surface area contributed by atoms with E-state index in [0.717, 1.165) is 18.2 Å². The number of sulfonamides is 1. The number of piperazine rings is 1. The maximum atomic E-state index is 13.0. The summed E-state index contributed by atoms with van der Waals surface area (Å²) < 4.78 is 70.9. The molecule has 15 heteroatoms. The van der Waals surface area contributed by atoms with Gasteiger partial charge in [0.25, 0.3) is 5.91 Å². The van der Waals surface area contributed by atoms with E-state index in [-0.39, 0.29) is 47.8 Å². The van der Waals surface area contributed by atoms with Crippen molar-refractivity contribution in [2.45, 2.75) is 23.6 Å². The number of anilines is 1. The van der Waals surface area contributed by atoms with Gasteiger partial charge in [0.15, 0.2) is 0 Å². The SMILES string of the molecule is C[C@@](O)(C(=O)Nc1ccc(S(=O)(=O)N2CCN(C(=O)N3CCOCC3)CC2)cc1Cl)C(F)(F)F. The van der Waals surface area contributed by atoms with Crippen molar-refractivity contribution in [3.05, 3.63) is 23.2 Å². The van der Waals surface area contributed by atoms with Crippen molar-refractivity contribution in [2.75, 3.05) is 57.8 Å². The van der Waals surface area contributed by atoms with Crippen LogP contribution in [0.25, 0.3) is 0 Å². The molecule has 2 heterocycles. The van der Waals surface area contributed by atoms with Crippen LogP contribution in [0.1, 0.15) is 6.92 Å². The highest BCUT2D eigenvalue weighted by Crippen LogP contribution is 2.33. The highest BCUT2D eigenvalue weighted by atomic mass is 35.5. The van der Waals surface area contributed by atoms with Crippen molar-refractivity contribution in [3.8, 4) is 0 Å². The predicted octanol–water partition coefficient (Wildman–Crippen LogP) is 1.35. The third-order valence-corrected chi connectivity index (χ3v) is 7.82. The zero-order valence-corrected chi connectivity index (χ0v) is 19.7. The van der Waals surface area contributed by atoms with Crippen LogP contribution >= 0.6 is 11.6 Å². The molecule has 3 rings (SSSR count). The molecule has 2 N–H and O–H groups in total. The molecule has 2 saturated heterocycles. The average molecular weight is 529 g/mol. The Morgan fingerprint density at radius 2 is 1.62 bits per heavy atom. The first-order chi connectivity index (χ1) is 15.7. The highest BCUT2D eigenvalue weighted by Gasteiger charge is 2.55. The average Bonchev–Trinajstić information content (AvgIpc) is 2.79. The zero-order chi connectivity index (χ0) is 25.3. The molecule has 0 radical (unpaired) electrons. The molecular weight excluding hydrogens is 505 g/mol. The van der Waals surface area contributed by atoms with Crippen molar-refractivity contribution < 1.29 is 41.0 Å². The Labute approximate surface area is 199 Å². The molecule has 2 fully saturated rings. The van der Waals surface area contributed by atoms with Gasteiger partial charge in [0.05, 0.1) is 28.8 Å². The summed E-state index contributed by atoms with van der Waals surface area (Å²) in [4.78, 5) is 27.4. The van der Waals surface area contributed by atoms with Crippen LogP contribution < -0.4 is 5.32 Å². The van der Waals surface area contributed by atoms with E-state index in [1.165, 1.54) is 4.31 Å². The lowest BCUT2D eigenvalue weighted by molar-refractivity contribution is -0.242. The van der Waals surface area contributed by atoms with E-state index in [9.17, 15) is 36.3 Å². The monoisotopic (exact) mass is 528 g/mol. The van der Waals surface area contributed by atoms with Gasteiger partial charge >= 0.3 is 12.2 Å². The largest absolute Gasteiger partial charge is 0.426 e. The quantitative estimate of drug-likeness (QED) is 0.609. The summed E-state index contributed by atoms with van der Waals surface area (Å²) in [7, 11) is -4.02. The normalized spacial score (nSPS) is 20.1. The van der Waals surface area contributed by atoms with Crippen molar-refractivity contribution in [1.29, 1.82) is 0 Å². The minimum absolute atomic E-state index is 0.0446. The lowest BCUT2D eigenvalue weighted by atomic mass is 10.1. The number of rotatable bonds is 4. The number of alkyl halides is 3. The number of hydrogen-bond acceptors (Lipinski definition) is 6.